The Morgan fingerprint density at radius 2 is 2.17 bits per heavy atom. The monoisotopic (exact) mass is 335 g/mol. The van der Waals surface area contributed by atoms with Crippen molar-refractivity contribution in [1.29, 1.82) is 0 Å². The number of hydrogen-bond acceptors (Lipinski definition) is 2. The molecule has 1 amide bonds. The quantitative estimate of drug-likeness (QED) is 0.773. The topological polar surface area (TPSA) is 29.5 Å². The van der Waals surface area contributed by atoms with Gasteiger partial charge in [-0.05, 0) is 55.2 Å². The highest BCUT2D eigenvalue weighted by Crippen LogP contribution is 2.40. The molecule has 1 unspecified atom stereocenters. The molecule has 0 radical (unpaired) electrons. The summed E-state index contributed by atoms with van der Waals surface area (Å²) < 4.78 is 29.0. The lowest BCUT2D eigenvalue weighted by molar-refractivity contribution is -0.134. The van der Waals surface area contributed by atoms with Crippen LogP contribution in [0, 0.1) is 5.41 Å². The average Bonchev–Trinajstić information content (AvgIpc) is 2.55. The fourth-order valence-corrected chi connectivity index (χ4v) is 3.85. The molecule has 1 spiro atoms. The molecule has 0 aromatic heterocycles. The maximum absolute atomic E-state index is 12.6. The first-order valence-corrected chi connectivity index (χ1v) is 8.53. The molecule has 0 saturated carbocycles. The van der Waals surface area contributed by atoms with Crippen LogP contribution < -0.4 is 4.74 Å². The van der Waals surface area contributed by atoms with Crippen molar-refractivity contribution < 1.29 is 18.3 Å². The first kappa shape index (κ1) is 16.9. The molecule has 2 aliphatic rings. The molecule has 1 fully saturated rings. The van der Waals surface area contributed by atoms with E-state index in [-0.39, 0.29) is 23.5 Å². The van der Waals surface area contributed by atoms with Crippen molar-refractivity contribution in [3.63, 3.8) is 0 Å². The number of likely N-dealkylation sites (tertiary alicyclic amines) is 1. The lowest BCUT2D eigenvalue weighted by atomic mass is 9.71. The van der Waals surface area contributed by atoms with E-state index >= 15 is 0 Å². The zero-order chi connectivity index (χ0) is 17.0. The van der Waals surface area contributed by atoms with Crippen LogP contribution in [0.4, 0.5) is 8.78 Å². The number of hydrogen-bond donors (Lipinski definition) is 0. The van der Waals surface area contributed by atoms with Crippen LogP contribution >= 0.6 is 0 Å². The van der Waals surface area contributed by atoms with E-state index in [1.54, 1.807) is 12.1 Å². The second-order valence-corrected chi connectivity index (χ2v) is 6.84. The van der Waals surface area contributed by atoms with Gasteiger partial charge in [0.1, 0.15) is 5.75 Å². The Labute approximate surface area is 141 Å². The molecule has 1 aliphatic carbocycles. The zero-order valence-corrected chi connectivity index (χ0v) is 13.7. The molecule has 24 heavy (non-hydrogen) atoms. The van der Waals surface area contributed by atoms with E-state index in [9.17, 15) is 13.6 Å². The predicted molar refractivity (Wildman–Crippen MR) is 88.0 cm³/mol. The first-order valence-electron chi connectivity index (χ1n) is 8.53. The van der Waals surface area contributed by atoms with Crippen molar-refractivity contribution in [3.05, 3.63) is 42.0 Å². The number of halogens is 2. The van der Waals surface area contributed by atoms with Crippen molar-refractivity contribution in [2.24, 2.45) is 5.41 Å². The Bertz CT molecular complexity index is 617. The number of amides is 1. The van der Waals surface area contributed by atoms with Gasteiger partial charge in [0.05, 0.1) is 6.42 Å². The number of rotatable bonds is 4. The lowest BCUT2D eigenvalue weighted by Crippen LogP contribution is -2.47. The summed E-state index contributed by atoms with van der Waals surface area (Å²) in [4.78, 5) is 14.6. The van der Waals surface area contributed by atoms with Crippen LogP contribution in [0.1, 0.15) is 37.7 Å². The molecule has 0 N–H and O–H groups in total. The van der Waals surface area contributed by atoms with Crippen LogP contribution in [-0.4, -0.2) is 30.5 Å². The Balaban J connectivity index is 1.63. The Kier molecular flexibility index (Phi) is 5.17. The van der Waals surface area contributed by atoms with Gasteiger partial charge < -0.3 is 9.64 Å². The molecule has 1 aromatic carbocycles. The molecule has 1 aromatic rings. The second kappa shape index (κ2) is 7.32. The number of alkyl halides is 2. The summed E-state index contributed by atoms with van der Waals surface area (Å²) in [5, 5.41) is 0. The van der Waals surface area contributed by atoms with Crippen LogP contribution in [0.5, 0.6) is 5.75 Å². The van der Waals surface area contributed by atoms with Gasteiger partial charge in [0.2, 0.25) is 5.91 Å². The molecular weight excluding hydrogens is 312 g/mol. The molecule has 130 valence electrons. The van der Waals surface area contributed by atoms with Gasteiger partial charge in [-0.2, -0.15) is 8.78 Å². The van der Waals surface area contributed by atoms with E-state index in [1.807, 2.05) is 4.90 Å². The maximum atomic E-state index is 12.6. The maximum Gasteiger partial charge on any atom is 0.387 e. The highest BCUT2D eigenvalue weighted by atomic mass is 19.3. The number of allylic oxidation sites excluding steroid dienone is 2. The SMILES string of the molecule is O=C(Cc1cccc(OC(F)F)c1)N1CCCC2(CC=CCC2)C1. The molecule has 1 heterocycles. The minimum absolute atomic E-state index is 0.0674. The molecule has 1 atom stereocenters. The fraction of sp³-hybridized carbons (Fsp3) is 0.526. The van der Waals surface area contributed by atoms with Gasteiger partial charge in [-0.3, -0.25) is 4.79 Å². The summed E-state index contributed by atoms with van der Waals surface area (Å²) in [6, 6.07) is 6.42. The minimum Gasteiger partial charge on any atom is -0.435 e. The van der Waals surface area contributed by atoms with Gasteiger partial charge in [0.15, 0.2) is 0 Å². The molecule has 0 bridgehead atoms. The van der Waals surface area contributed by atoms with Crippen LogP contribution in [0.3, 0.4) is 0 Å². The third-order valence-electron chi connectivity index (χ3n) is 5.05. The molecule has 1 saturated heterocycles. The van der Waals surface area contributed by atoms with E-state index < -0.39 is 6.61 Å². The summed E-state index contributed by atoms with van der Waals surface area (Å²) in [6.07, 6.45) is 10.2. The summed E-state index contributed by atoms with van der Waals surface area (Å²) in [6.45, 7) is -1.25. The van der Waals surface area contributed by atoms with Gasteiger partial charge >= 0.3 is 6.61 Å². The van der Waals surface area contributed by atoms with E-state index in [4.69, 9.17) is 0 Å². The smallest absolute Gasteiger partial charge is 0.387 e. The number of carbonyl (C=O) groups excluding carboxylic acids is 1. The lowest BCUT2D eigenvalue weighted by Gasteiger charge is -2.44. The number of carbonyl (C=O) groups is 1. The molecule has 3 rings (SSSR count). The van der Waals surface area contributed by atoms with E-state index in [0.717, 1.165) is 38.8 Å². The Morgan fingerprint density at radius 3 is 2.92 bits per heavy atom. The van der Waals surface area contributed by atoms with Crippen molar-refractivity contribution in [3.8, 4) is 5.75 Å². The Morgan fingerprint density at radius 1 is 1.29 bits per heavy atom. The highest BCUT2D eigenvalue weighted by Gasteiger charge is 2.36. The van der Waals surface area contributed by atoms with E-state index in [0.29, 0.717) is 5.56 Å². The van der Waals surface area contributed by atoms with E-state index in [2.05, 4.69) is 16.9 Å². The van der Waals surface area contributed by atoms with Crippen LogP contribution in [0.15, 0.2) is 36.4 Å². The van der Waals surface area contributed by atoms with Crippen LogP contribution in [0.25, 0.3) is 0 Å². The Hall–Kier alpha value is -1.91. The number of piperidine rings is 1. The molecular formula is C19H23F2NO2. The van der Waals surface area contributed by atoms with Crippen molar-refractivity contribution >= 4 is 5.91 Å². The highest BCUT2D eigenvalue weighted by molar-refractivity contribution is 5.79. The van der Waals surface area contributed by atoms with Gasteiger partial charge in [-0.25, -0.2) is 0 Å². The molecule has 5 heteroatoms. The number of nitrogens with zero attached hydrogens (tertiary/aromatic N) is 1. The third-order valence-corrected chi connectivity index (χ3v) is 5.05. The van der Waals surface area contributed by atoms with Gasteiger partial charge in [0.25, 0.3) is 0 Å². The summed E-state index contributed by atoms with van der Waals surface area (Å²) in [5.41, 5.74) is 0.949. The largest absolute Gasteiger partial charge is 0.435 e. The fourth-order valence-electron chi connectivity index (χ4n) is 3.85. The van der Waals surface area contributed by atoms with Crippen molar-refractivity contribution in [2.45, 2.75) is 45.1 Å². The third kappa shape index (κ3) is 4.13. The standard InChI is InChI=1S/C19H23F2NO2/c20-18(21)24-16-7-4-6-15(12-16)13-17(23)22-11-5-10-19(14-22)8-2-1-3-9-19/h1-2,4,6-7,12,18H,3,5,8-11,13-14H2. The van der Waals surface area contributed by atoms with Crippen molar-refractivity contribution in [1.82, 2.24) is 4.90 Å². The summed E-state index contributed by atoms with van der Waals surface area (Å²) in [5.74, 6) is 0.167. The molecule has 3 nitrogen and oxygen atoms in total. The molecule has 1 aliphatic heterocycles. The summed E-state index contributed by atoms with van der Waals surface area (Å²) in [7, 11) is 0. The number of benzene rings is 1. The minimum atomic E-state index is -2.85. The van der Waals surface area contributed by atoms with Crippen molar-refractivity contribution in [2.75, 3.05) is 13.1 Å². The zero-order valence-electron chi connectivity index (χ0n) is 13.7. The predicted octanol–water partition coefficient (Wildman–Crippen LogP) is 4.18. The number of ether oxygens (including phenoxy) is 1. The van der Waals surface area contributed by atoms with Gasteiger partial charge in [-0.1, -0.05) is 24.3 Å². The van der Waals surface area contributed by atoms with Crippen LogP contribution in [-0.2, 0) is 11.2 Å². The second-order valence-electron chi connectivity index (χ2n) is 6.84. The summed E-state index contributed by atoms with van der Waals surface area (Å²) >= 11 is 0. The normalized spacial score (nSPS) is 23.7. The van der Waals surface area contributed by atoms with Gasteiger partial charge in [-0.15, -0.1) is 0 Å². The van der Waals surface area contributed by atoms with Gasteiger partial charge in [0, 0.05) is 13.1 Å². The first-order chi connectivity index (χ1) is 11.6. The van der Waals surface area contributed by atoms with Crippen LogP contribution in [0.2, 0.25) is 0 Å². The average molecular weight is 335 g/mol. The van der Waals surface area contributed by atoms with E-state index in [1.165, 1.54) is 18.6 Å².